The molecule has 28 heavy (non-hydrogen) atoms. The summed E-state index contributed by atoms with van der Waals surface area (Å²) in [4.78, 5) is 11.7. The van der Waals surface area contributed by atoms with Crippen LogP contribution in [0.1, 0.15) is 43.0 Å². The summed E-state index contributed by atoms with van der Waals surface area (Å²) in [5.41, 5.74) is 4.95. The lowest BCUT2D eigenvalue weighted by Gasteiger charge is -2.31. The van der Waals surface area contributed by atoms with Gasteiger partial charge in [-0.1, -0.05) is 12.1 Å². The molecule has 0 unspecified atom stereocenters. The van der Waals surface area contributed by atoms with E-state index in [2.05, 4.69) is 12.1 Å². The molecule has 4 nitrogen and oxygen atoms in total. The van der Waals surface area contributed by atoms with E-state index in [-0.39, 0.29) is 23.6 Å². The van der Waals surface area contributed by atoms with Crippen molar-refractivity contribution in [3.05, 3.63) is 76.7 Å². The minimum atomic E-state index is -0.264. The van der Waals surface area contributed by atoms with Crippen LogP contribution in [0.15, 0.2) is 59.3 Å². The van der Waals surface area contributed by atoms with Crippen LogP contribution in [-0.2, 0) is 11.2 Å². The minimum absolute atomic E-state index is 0.0318. The van der Waals surface area contributed by atoms with Gasteiger partial charge in [0.2, 0.25) is 0 Å². The number of carbonyl (C=O) groups excluding carboxylic acids is 1. The lowest BCUT2D eigenvalue weighted by atomic mass is 9.77. The highest BCUT2D eigenvalue weighted by atomic mass is 19.1. The topological polar surface area (TPSA) is 41.9 Å². The molecule has 2 aromatic carbocycles. The Balaban J connectivity index is 1.82. The number of nitrogens with zero attached hydrogens (tertiary/aromatic N) is 2. The van der Waals surface area contributed by atoms with E-state index in [0.29, 0.717) is 0 Å². The number of benzene rings is 2. The molecule has 2 aromatic rings. The van der Waals surface area contributed by atoms with Crippen LogP contribution in [-0.4, -0.2) is 23.6 Å². The normalized spacial score (nSPS) is 21.1. The summed E-state index contributed by atoms with van der Waals surface area (Å²) in [5, 5.41) is 6.80. The lowest BCUT2D eigenvalue weighted by molar-refractivity contribution is -0.112. The number of hydrogen-bond acceptors (Lipinski definition) is 4. The number of aryl methyl sites for hydroxylation is 1. The standard InChI is InChI=1S/C23H23FN2O2/c1-14(11-15(2)27)26-23(17-5-4-6-18(24)12-17)21-9-7-16-13-19(28-3)8-10-20(16)22(21)25-26/h4-6,8,10-13,21,23H,7,9H2,1-3H3/b14-11+/t21-,23-/m0/s1. The molecule has 0 radical (unpaired) electrons. The van der Waals surface area contributed by atoms with Crippen molar-refractivity contribution in [1.82, 2.24) is 5.01 Å². The largest absolute Gasteiger partial charge is 0.497 e. The second kappa shape index (κ2) is 7.23. The molecule has 0 saturated carbocycles. The average molecular weight is 378 g/mol. The van der Waals surface area contributed by atoms with Crippen LogP contribution in [0.3, 0.4) is 0 Å². The maximum Gasteiger partial charge on any atom is 0.154 e. The first-order valence-electron chi connectivity index (χ1n) is 9.47. The van der Waals surface area contributed by atoms with E-state index in [9.17, 15) is 9.18 Å². The summed E-state index contributed by atoms with van der Waals surface area (Å²) in [6, 6.07) is 12.6. The molecule has 0 amide bonds. The Kier molecular flexibility index (Phi) is 4.75. The third kappa shape index (κ3) is 3.21. The maximum absolute atomic E-state index is 14.0. The summed E-state index contributed by atoms with van der Waals surface area (Å²) in [6.45, 7) is 3.41. The molecule has 2 aliphatic rings. The molecule has 0 saturated heterocycles. The van der Waals surface area contributed by atoms with E-state index in [4.69, 9.17) is 9.84 Å². The molecule has 1 heterocycles. The first-order chi connectivity index (χ1) is 13.5. The molecule has 5 heteroatoms. The number of ether oxygens (including phenoxy) is 1. The van der Waals surface area contributed by atoms with Crippen molar-refractivity contribution in [3.63, 3.8) is 0 Å². The number of rotatable bonds is 4. The van der Waals surface area contributed by atoms with Crippen molar-refractivity contribution in [1.29, 1.82) is 0 Å². The van der Waals surface area contributed by atoms with Gasteiger partial charge in [-0.15, -0.1) is 0 Å². The Morgan fingerprint density at radius 3 is 2.79 bits per heavy atom. The Bertz CT molecular complexity index is 996. The number of fused-ring (bicyclic) bond motifs is 3. The highest BCUT2D eigenvalue weighted by Crippen LogP contribution is 2.45. The molecule has 1 aliphatic heterocycles. The third-order valence-corrected chi connectivity index (χ3v) is 5.49. The fourth-order valence-electron chi connectivity index (χ4n) is 4.31. The molecule has 0 spiro atoms. The Labute approximate surface area is 164 Å². The van der Waals surface area contributed by atoms with E-state index in [0.717, 1.165) is 41.1 Å². The van der Waals surface area contributed by atoms with Crippen molar-refractivity contribution >= 4 is 11.5 Å². The smallest absolute Gasteiger partial charge is 0.154 e. The second-order valence-corrected chi connectivity index (χ2v) is 7.39. The average Bonchev–Trinajstić information content (AvgIpc) is 3.07. The van der Waals surface area contributed by atoms with E-state index < -0.39 is 0 Å². The zero-order chi connectivity index (χ0) is 19.8. The van der Waals surface area contributed by atoms with Crippen LogP contribution in [0, 0.1) is 11.7 Å². The van der Waals surface area contributed by atoms with Gasteiger partial charge in [-0.25, -0.2) is 4.39 Å². The number of hydrogen-bond donors (Lipinski definition) is 0. The molecule has 144 valence electrons. The Morgan fingerprint density at radius 1 is 1.25 bits per heavy atom. The molecule has 2 atom stereocenters. The van der Waals surface area contributed by atoms with Gasteiger partial charge in [0, 0.05) is 23.3 Å². The molecule has 0 fully saturated rings. The molecule has 0 N–H and O–H groups in total. The summed E-state index contributed by atoms with van der Waals surface area (Å²) in [6.07, 6.45) is 3.40. The lowest BCUT2D eigenvalue weighted by Crippen LogP contribution is -2.28. The highest BCUT2D eigenvalue weighted by molar-refractivity contribution is 6.06. The number of carbonyl (C=O) groups is 1. The van der Waals surface area contributed by atoms with Crippen molar-refractivity contribution in [2.75, 3.05) is 7.11 Å². The van der Waals surface area contributed by atoms with Gasteiger partial charge >= 0.3 is 0 Å². The molecule has 0 bridgehead atoms. The minimum Gasteiger partial charge on any atom is -0.497 e. The molecular weight excluding hydrogens is 355 g/mol. The zero-order valence-corrected chi connectivity index (χ0v) is 16.3. The molecular formula is C23H23FN2O2. The predicted molar refractivity (Wildman–Crippen MR) is 107 cm³/mol. The van der Waals surface area contributed by atoms with Crippen LogP contribution in [0.25, 0.3) is 0 Å². The summed E-state index contributed by atoms with van der Waals surface area (Å²) < 4.78 is 19.3. The first kappa shape index (κ1) is 18.4. The number of ketones is 1. The zero-order valence-electron chi connectivity index (χ0n) is 16.3. The Morgan fingerprint density at radius 2 is 2.07 bits per heavy atom. The van der Waals surface area contributed by atoms with E-state index in [1.165, 1.54) is 18.6 Å². The predicted octanol–water partition coefficient (Wildman–Crippen LogP) is 4.65. The maximum atomic E-state index is 14.0. The third-order valence-electron chi connectivity index (χ3n) is 5.49. The van der Waals surface area contributed by atoms with Crippen LogP contribution >= 0.6 is 0 Å². The van der Waals surface area contributed by atoms with Gasteiger partial charge < -0.3 is 4.74 Å². The van der Waals surface area contributed by atoms with E-state index in [1.807, 2.05) is 24.1 Å². The number of halogens is 1. The van der Waals surface area contributed by atoms with E-state index >= 15 is 0 Å². The van der Waals surface area contributed by atoms with Crippen LogP contribution in [0.2, 0.25) is 0 Å². The van der Waals surface area contributed by atoms with Crippen molar-refractivity contribution in [3.8, 4) is 5.75 Å². The fourth-order valence-corrected chi connectivity index (χ4v) is 4.31. The van der Waals surface area contributed by atoms with Gasteiger partial charge in [0.25, 0.3) is 0 Å². The highest BCUT2D eigenvalue weighted by Gasteiger charge is 2.42. The van der Waals surface area contributed by atoms with Gasteiger partial charge in [-0.05, 0) is 68.1 Å². The number of allylic oxidation sites excluding steroid dienone is 2. The summed E-state index contributed by atoms with van der Waals surface area (Å²) in [5.74, 6) is 0.677. The quantitative estimate of drug-likeness (QED) is 0.727. The summed E-state index contributed by atoms with van der Waals surface area (Å²) in [7, 11) is 1.66. The molecule has 0 aromatic heterocycles. The van der Waals surface area contributed by atoms with E-state index in [1.54, 1.807) is 25.3 Å². The monoisotopic (exact) mass is 378 g/mol. The van der Waals surface area contributed by atoms with Crippen LogP contribution < -0.4 is 4.74 Å². The van der Waals surface area contributed by atoms with Crippen LogP contribution in [0.4, 0.5) is 4.39 Å². The van der Waals surface area contributed by atoms with Gasteiger partial charge in [0.1, 0.15) is 11.6 Å². The Hall–Kier alpha value is -2.95. The van der Waals surface area contributed by atoms with Crippen molar-refractivity contribution < 1.29 is 13.9 Å². The summed E-state index contributed by atoms with van der Waals surface area (Å²) >= 11 is 0. The fraction of sp³-hybridized carbons (Fsp3) is 0.304. The van der Waals surface area contributed by atoms with Gasteiger partial charge in [0.15, 0.2) is 5.78 Å². The second-order valence-electron chi connectivity index (χ2n) is 7.39. The van der Waals surface area contributed by atoms with Crippen molar-refractivity contribution in [2.45, 2.75) is 32.7 Å². The van der Waals surface area contributed by atoms with Gasteiger partial charge in [-0.2, -0.15) is 5.10 Å². The van der Waals surface area contributed by atoms with Gasteiger partial charge in [-0.3, -0.25) is 9.80 Å². The number of hydrazone groups is 1. The van der Waals surface area contributed by atoms with Crippen molar-refractivity contribution in [2.24, 2.45) is 11.0 Å². The van der Waals surface area contributed by atoms with Crippen LogP contribution in [0.5, 0.6) is 5.75 Å². The molecule has 4 rings (SSSR count). The molecule has 1 aliphatic carbocycles. The van der Waals surface area contributed by atoms with Gasteiger partial charge in [0.05, 0.1) is 18.9 Å². The number of methoxy groups -OCH3 is 1. The SMILES string of the molecule is COc1ccc2c(c1)CC[C@H]1C2=NN(/C(C)=C/C(C)=O)[C@H]1c1cccc(F)c1. The first-order valence-corrected chi connectivity index (χ1v) is 9.47.